The van der Waals surface area contributed by atoms with Crippen LogP contribution in [0.2, 0.25) is 5.02 Å². The molecule has 3 rings (SSSR count). The zero-order valence-corrected chi connectivity index (χ0v) is 15.0. The number of benzene rings is 2. The zero-order chi connectivity index (χ0) is 18.0. The van der Waals surface area contributed by atoms with Crippen LogP contribution in [0.1, 0.15) is 29.8 Å². The molecule has 0 aromatic heterocycles. The topological polar surface area (TPSA) is 53.3 Å². The molecule has 1 amide bonds. The maximum atomic E-state index is 12.8. The summed E-state index contributed by atoms with van der Waals surface area (Å²) in [4.78, 5) is 14.7. The highest BCUT2D eigenvalue weighted by Gasteiger charge is 2.30. The van der Waals surface area contributed by atoms with Gasteiger partial charge >= 0.3 is 0 Å². The molecular formula is C20H19ClN2O2. The average Bonchev–Trinajstić information content (AvgIpc) is 2.60. The lowest BCUT2D eigenvalue weighted by atomic mass is 10.0. The molecule has 4 nitrogen and oxygen atoms in total. The predicted octanol–water partition coefficient (Wildman–Crippen LogP) is 4.13. The quantitative estimate of drug-likeness (QED) is 0.814. The predicted molar refractivity (Wildman–Crippen MR) is 97.5 cm³/mol. The van der Waals surface area contributed by atoms with Crippen molar-refractivity contribution in [2.45, 2.75) is 19.4 Å². The van der Waals surface area contributed by atoms with Crippen LogP contribution in [0.15, 0.2) is 42.5 Å². The molecule has 0 radical (unpaired) electrons. The van der Waals surface area contributed by atoms with Gasteiger partial charge in [-0.3, -0.25) is 4.79 Å². The maximum absolute atomic E-state index is 12.8. The maximum Gasteiger partial charge on any atom is 0.254 e. The van der Waals surface area contributed by atoms with Crippen LogP contribution in [-0.2, 0) is 4.74 Å². The van der Waals surface area contributed by atoms with Gasteiger partial charge in [0, 0.05) is 18.7 Å². The van der Waals surface area contributed by atoms with Gasteiger partial charge in [-0.05, 0) is 49.2 Å². The number of morpholine rings is 1. The second kappa shape index (κ2) is 6.87. The van der Waals surface area contributed by atoms with Crippen molar-refractivity contribution >= 4 is 17.5 Å². The van der Waals surface area contributed by atoms with Crippen LogP contribution in [0, 0.1) is 11.3 Å². The Morgan fingerprint density at radius 3 is 2.68 bits per heavy atom. The minimum absolute atomic E-state index is 0.00188. The van der Waals surface area contributed by atoms with E-state index in [1.165, 1.54) is 0 Å². The van der Waals surface area contributed by atoms with Gasteiger partial charge in [0.15, 0.2) is 0 Å². The fraction of sp³-hybridized carbons (Fsp3) is 0.300. The molecule has 0 saturated carbocycles. The summed E-state index contributed by atoms with van der Waals surface area (Å²) in [5.74, 6) is -0.00188. The van der Waals surface area contributed by atoms with Crippen LogP contribution >= 0.6 is 11.6 Å². The molecule has 1 saturated heterocycles. The van der Waals surface area contributed by atoms with E-state index in [9.17, 15) is 4.79 Å². The largest absolute Gasteiger partial charge is 0.372 e. The van der Waals surface area contributed by atoms with E-state index in [0.717, 1.165) is 11.1 Å². The highest BCUT2D eigenvalue weighted by atomic mass is 35.5. The van der Waals surface area contributed by atoms with Gasteiger partial charge in [0.25, 0.3) is 5.91 Å². The van der Waals surface area contributed by atoms with Crippen LogP contribution in [0.5, 0.6) is 0 Å². The van der Waals surface area contributed by atoms with Crippen molar-refractivity contribution in [2.24, 2.45) is 0 Å². The Balaban J connectivity index is 1.88. The molecule has 5 heteroatoms. The van der Waals surface area contributed by atoms with Gasteiger partial charge in [-0.15, -0.1) is 0 Å². The van der Waals surface area contributed by atoms with E-state index < -0.39 is 0 Å². The minimum atomic E-state index is -0.327. The molecule has 1 fully saturated rings. The summed E-state index contributed by atoms with van der Waals surface area (Å²) in [6.45, 7) is 5.68. The third kappa shape index (κ3) is 3.84. The van der Waals surface area contributed by atoms with Crippen molar-refractivity contribution in [3.05, 3.63) is 58.6 Å². The van der Waals surface area contributed by atoms with E-state index in [0.29, 0.717) is 35.8 Å². The highest BCUT2D eigenvalue weighted by molar-refractivity contribution is 6.32. The number of rotatable bonds is 2. The molecule has 0 aliphatic carbocycles. The van der Waals surface area contributed by atoms with E-state index in [-0.39, 0.29) is 11.5 Å². The summed E-state index contributed by atoms with van der Waals surface area (Å²) >= 11 is 6.12. The van der Waals surface area contributed by atoms with Gasteiger partial charge in [-0.25, -0.2) is 0 Å². The molecule has 128 valence electrons. The summed E-state index contributed by atoms with van der Waals surface area (Å²) in [6.07, 6.45) is 0. The lowest BCUT2D eigenvalue weighted by molar-refractivity contribution is -0.0764. The van der Waals surface area contributed by atoms with E-state index in [1.54, 1.807) is 12.1 Å². The van der Waals surface area contributed by atoms with E-state index >= 15 is 0 Å². The van der Waals surface area contributed by atoms with Crippen molar-refractivity contribution < 1.29 is 9.53 Å². The molecule has 0 bridgehead atoms. The molecule has 1 aliphatic heterocycles. The van der Waals surface area contributed by atoms with Gasteiger partial charge < -0.3 is 9.64 Å². The average molecular weight is 355 g/mol. The van der Waals surface area contributed by atoms with Gasteiger partial charge in [0.1, 0.15) is 6.07 Å². The monoisotopic (exact) mass is 354 g/mol. The normalized spacial score (nSPS) is 16.3. The van der Waals surface area contributed by atoms with Crippen LogP contribution in [0.4, 0.5) is 0 Å². The third-order valence-electron chi connectivity index (χ3n) is 4.25. The number of nitriles is 1. The van der Waals surface area contributed by atoms with Crippen LogP contribution in [-0.4, -0.2) is 36.1 Å². The highest BCUT2D eigenvalue weighted by Crippen LogP contribution is 2.27. The zero-order valence-electron chi connectivity index (χ0n) is 14.3. The molecular weight excluding hydrogens is 336 g/mol. The number of nitrogens with zero attached hydrogens (tertiary/aromatic N) is 2. The Labute approximate surface area is 152 Å². The number of halogens is 1. The lowest BCUT2D eigenvalue weighted by Crippen LogP contribution is -2.50. The Bertz CT molecular complexity index is 855. The Morgan fingerprint density at radius 2 is 2.00 bits per heavy atom. The van der Waals surface area contributed by atoms with Crippen LogP contribution in [0.25, 0.3) is 11.1 Å². The summed E-state index contributed by atoms with van der Waals surface area (Å²) < 4.78 is 5.67. The standard InChI is InChI=1S/C20H19ClN2O2/c1-20(2)13-23(8-9-25-20)19(24)16-5-3-4-14(10-16)15-6-7-17(12-22)18(21)11-15/h3-7,10-11H,8-9,13H2,1-2H3. The van der Waals surface area contributed by atoms with Crippen molar-refractivity contribution in [2.75, 3.05) is 19.7 Å². The minimum Gasteiger partial charge on any atom is -0.372 e. The molecule has 2 aromatic carbocycles. The second-order valence-corrected chi connectivity index (χ2v) is 7.13. The van der Waals surface area contributed by atoms with Gasteiger partial charge in [0.05, 0.1) is 22.8 Å². The first-order chi connectivity index (χ1) is 11.9. The first-order valence-electron chi connectivity index (χ1n) is 8.13. The van der Waals surface area contributed by atoms with Gasteiger partial charge in [-0.2, -0.15) is 5.26 Å². The van der Waals surface area contributed by atoms with Crippen LogP contribution in [0.3, 0.4) is 0 Å². The second-order valence-electron chi connectivity index (χ2n) is 6.72. The first kappa shape index (κ1) is 17.5. The Hall–Kier alpha value is -2.35. The molecule has 0 unspecified atom stereocenters. The van der Waals surface area contributed by atoms with Crippen molar-refractivity contribution in [1.29, 1.82) is 5.26 Å². The third-order valence-corrected chi connectivity index (χ3v) is 4.56. The molecule has 2 aromatic rings. The number of hydrogen-bond donors (Lipinski definition) is 0. The molecule has 1 aliphatic rings. The Kier molecular flexibility index (Phi) is 4.80. The number of carbonyl (C=O) groups excluding carboxylic acids is 1. The summed E-state index contributed by atoms with van der Waals surface area (Å²) in [7, 11) is 0. The number of ether oxygens (including phenoxy) is 1. The van der Waals surface area contributed by atoms with Crippen LogP contribution < -0.4 is 0 Å². The fourth-order valence-electron chi connectivity index (χ4n) is 2.99. The first-order valence-corrected chi connectivity index (χ1v) is 8.51. The van der Waals surface area contributed by atoms with Crippen molar-refractivity contribution in [1.82, 2.24) is 4.90 Å². The number of amides is 1. The fourth-order valence-corrected chi connectivity index (χ4v) is 3.21. The van der Waals surface area contributed by atoms with Crippen molar-refractivity contribution in [3.63, 3.8) is 0 Å². The van der Waals surface area contributed by atoms with E-state index in [4.69, 9.17) is 21.6 Å². The number of hydrogen-bond acceptors (Lipinski definition) is 3. The number of carbonyl (C=O) groups is 1. The summed E-state index contributed by atoms with van der Waals surface area (Å²) in [5.41, 5.74) is 2.52. The van der Waals surface area contributed by atoms with E-state index in [1.807, 2.05) is 55.1 Å². The Morgan fingerprint density at radius 1 is 1.24 bits per heavy atom. The lowest BCUT2D eigenvalue weighted by Gasteiger charge is -2.38. The molecule has 25 heavy (non-hydrogen) atoms. The molecule has 1 heterocycles. The van der Waals surface area contributed by atoms with Crippen molar-refractivity contribution in [3.8, 4) is 17.2 Å². The summed E-state index contributed by atoms with van der Waals surface area (Å²) in [5, 5.41) is 9.40. The molecule has 0 N–H and O–H groups in total. The van der Waals surface area contributed by atoms with Gasteiger partial charge in [0.2, 0.25) is 0 Å². The van der Waals surface area contributed by atoms with Gasteiger partial charge in [-0.1, -0.05) is 29.8 Å². The smallest absolute Gasteiger partial charge is 0.254 e. The summed E-state index contributed by atoms with van der Waals surface area (Å²) in [6, 6.07) is 14.8. The molecule has 0 atom stereocenters. The molecule has 0 spiro atoms. The van der Waals surface area contributed by atoms with E-state index in [2.05, 4.69) is 0 Å². The SMILES string of the molecule is CC1(C)CN(C(=O)c2cccc(-c3ccc(C#N)c(Cl)c3)c2)CCO1.